The van der Waals surface area contributed by atoms with Crippen molar-refractivity contribution in [3.05, 3.63) is 102 Å². The molecule has 0 fully saturated rings. The van der Waals surface area contributed by atoms with Crippen molar-refractivity contribution in [1.29, 1.82) is 0 Å². The van der Waals surface area contributed by atoms with E-state index >= 15 is 0 Å². The molecule has 0 aliphatic carbocycles. The zero-order valence-electron chi connectivity index (χ0n) is 17.0. The first-order chi connectivity index (χ1) is 15.3. The van der Waals surface area contributed by atoms with Crippen molar-refractivity contribution in [2.24, 2.45) is 0 Å². The highest BCUT2D eigenvalue weighted by atomic mass is 32.2. The fraction of sp³-hybridized carbons (Fsp3) is 0.0435. The third-order valence-electron chi connectivity index (χ3n) is 4.67. The smallest absolute Gasteiger partial charge is 0.261 e. The summed E-state index contributed by atoms with van der Waals surface area (Å²) in [5.74, 6) is -0.748. The summed E-state index contributed by atoms with van der Waals surface area (Å²) in [6.07, 6.45) is 0. The Kier molecular flexibility index (Phi) is 5.74. The Balaban J connectivity index is 1.58. The Labute approximate surface area is 184 Å². The number of carbonyl (C=O) groups is 1. The van der Waals surface area contributed by atoms with E-state index in [1.807, 2.05) is 37.3 Å². The Hall–Kier alpha value is -3.98. The summed E-state index contributed by atoms with van der Waals surface area (Å²) >= 11 is 0. The number of anilines is 2. The summed E-state index contributed by atoms with van der Waals surface area (Å²) in [4.78, 5) is 12.8. The topological polar surface area (TPSA) is 93.1 Å². The van der Waals surface area contributed by atoms with Gasteiger partial charge in [0.2, 0.25) is 0 Å². The molecular weight excluding hydrogens is 431 g/mol. The molecule has 9 heteroatoms. The quantitative estimate of drug-likeness (QED) is 0.456. The van der Waals surface area contributed by atoms with Crippen molar-refractivity contribution in [2.45, 2.75) is 11.8 Å². The molecule has 162 valence electrons. The molecule has 0 aliphatic rings. The SMILES string of the molecule is Cc1cc(NC(=O)c2ccccc2NS(=O)(=O)c2ccc(F)cc2)nn1-c1ccccc1. The summed E-state index contributed by atoms with van der Waals surface area (Å²) in [5.41, 5.74) is 1.87. The minimum Gasteiger partial charge on any atom is -0.305 e. The molecule has 0 radical (unpaired) electrons. The first-order valence-corrected chi connectivity index (χ1v) is 11.1. The molecule has 1 heterocycles. The maximum Gasteiger partial charge on any atom is 0.261 e. The number of nitrogens with zero attached hydrogens (tertiary/aromatic N) is 2. The highest BCUT2D eigenvalue weighted by Crippen LogP contribution is 2.22. The number of hydrogen-bond donors (Lipinski definition) is 2. The van der Waals surface area contributed by atoms with Crippen LogP contribution in [-0.4, -0.2) is 24.1 Å². The Morgan fingerprint density at radius 1 is 0.938 bits per heavy atom. The van der Waals surface area contributed by atoms with Crippen LogP contribution in [0.3, 0.4) is 0 Å². The van der Waals surface area contributed by atoms with Crippen molar-refractivity contribution in [3.63, 3.8) is 0 Å². The van der Waals surface area contributed by atoms with E-state index in [0.717, 1.165) is 35.6 Å². The lowest BCUT2D eigenvalue weighted by Crippen LogP contribution is -2.19. The van der Waals surface area contributed by atoms with Gasteiger partial charge in [-0.15, -0.1) is 5.10 Å². The average Bonchev–Trinajstić information content (AvgIpc) is 3.14. The minimum absolute atomic E-state index is 0.0912. The molecule has 0 aliphatic heterocycles. The summed E-state index contributed by atoms with van der Waals surface area (Å²) in [6, 6.07) is 21.8. The van der Waals surface area contributed by atoms with Gasteiger partial charge in [-0.1, -0.05) is 30.3 Å². The number of aryl methyl sites for hydroxylation is 1. The Bertz CT molecular complexity index is 1370. The number of halogens is 1. The van der Waals surface area contributed by atoms with Gasteiger partial charge in [-0.3, -0.25) is 9.52 Å². The van der Waals surface area contributed by atoms with Crippen LogP contribution in [0.5, 0.6) is 0 Å². The lowest BCUT2D eigenvalue weighted by Gasteiger charge is -2.12. The van der Waals surface area contributed by atoms with Gasteiger partial charge in [0.15, 0.2) is 5.82 Å². The molecule has 0 unspecified atom stereocenters. The first kappa shape index (κ1) is 21.3. The van der Waals surface area contributed by atoms with Gasteiger partial charge in [-0.05, 0) is 55.5 Å². The van der Waals surface area contributed by atoms with Crippen LogP contribution in [0.15, 0.2) is 89.8 Å². The molecule has 0 bridgehead atoms. The van der Waals surface area contributed by atoms with Crippen molar-refractivity contribution in [2.75, 3.05) is 10.0 Å². The highest BCUT2D eigenvalue weighted by Gasteiger charge is 2.19. The van der Waals surface area contributed by atoms with E-state index in [9.17, 15) is 17.6 Å². The molecule has 32 heavy (non-hydrogen) atoms. The molecule has 3 aromatic carbocycles. The van der Waals surface area contributed by atoms with Crippen LogP contribution in [-0.2, 0) is 10.0 Å². The zero-order valence-corrected chi connectivity index (χ0v) is 17.8. The van der Waals surface area contributed by atoms with Gasteiger partial charge >= 0.3 is 0 Å². The summed E-state index contributed by atoms with van der Waals surface area (Å²) in [5, 5.41) is 7.12. The number of para-hydroxylation sites is 2. The number of nitrogens with one attached hydrogen (secondary N) is 2. The molecule has 0 spiro atoms. The fourth-order valence-corrected chi connectivity index (χ4v) is 4.22. The minimum atomic E-state index is -4.01. The van der Waals surface area contributed by atoms with E-state index in [2.05, 4.69) is 15.1 Å². The number of carbonyl (C=O) groups excluding carboxylic acids is 1. The second-order valence-electron chi connectivity index (χ2n) is 6.98. The maximum absolute atomic E-state index is 13.1. The number of benzene rings is 3. The normalized spacial score (nSPS) is 11.2. The molecule has 4 aromatic rings. The predicted octanol–water partition coefficient (Wildman–Crippen LogP) is 4.37. The molecule has 0 saturated heterocycles. The van der Waals surface area contributed by atoms with E-state index in [4.69, 9.17) is 0 Å². The van der Waals surface area contributed by atoms with Crippen molar-refractivity contribution in [1.82, 2.24) is 9.78 Å². The van der Waals surface area contributed by atoms with Gasteiger partial charge in [-0.25, -0.2) is 17.5 Å². The van der Waals surface area contributed by atoms with Crippen LogP contribution in [0.1, 0.15) is 16.1 Å². The van der Waals surface area contributed by atoms with Gasteiger partial charge in [0.05, 0.1) is 21.8 Å². The monoisotopic (exact) mass is 450 g/mol. The van der Waals surface area contributed by atoms with Crippen LogP contribution >= 0.6 is 0 Å². The molecule has 0 saturated carbocycles. The van der Waals surface area contributed by atoms with Gasteiger partial charge in [0.25, 0.3) is 15.9 Å². The molecule has 7 nitrogen and oxygen atoms in total. The summed E-state index contributed by atoms with van der Waals surface area (Å²) < 4.78 is 42.6. The van der Waals surface area contributed by atoms with E-state index in [0.29, 0.717) is 5.82 Å². The van der Waals surface area contributed by atoms with Crippen molar-refractivity contribution < 1.29 is 17.6 Å². The number of aromatic nitrogens is 2. The van der Waals surface area contributed by atoms with Gasteiger partial charge in [0.1, 0.15) is 5.82 Å². The van der Waals surface area contributed by atoms with E-state index in [-0.39, 0.29) is 16.1 Å². The van der Waals surface area contributed by atoms with Crippen LogP contribution in [0.4, 0.5) is 15.9 Å². The zero-order chi connectivity index (χ0) is 22.7. The lowest BCUT2D eigenvalue weighted by atomic mass is 10.1. The largest absolute Gasteiger partial charge is 0.305 e. The van der Waals surface area contributed by atoms with Crippen LogP contribution in [0.2, 0.25) is 0 Å². The van der Waals surface area contributed by atoms with Gasteiger partial charge in [-0.2, -0.15) is 0 Å². The van der Waals surface area contributed by atoms with Crippen LogP contribution in [0, 0.1) is 12.7 Å². The van der Waals surface area contributed by atoms with E-state index < -0.39 is 21.7 Å². The predicted molar refractivity (Wildman–Crippen MR) is 120 cm³/mol. The van der Waals surface area contributed by atoms with Crippen LogP contribution in [0.25, 0.3) is 5.69 Å². The fourth-order valence-electron chi connectivity index (χ4n) is 3.14. The molecule has 4 rings (SSSR count). The second-order valence-corrected chi connectivity index (χ2v) is 8.66. The molecule has 2 N–H and O–H groups in total. The first-order valence-electron chi connectivity index (χ1n) is 9.64. The molecule has 1 aromatic heterocycles. The van der Waals surface area contributed by atoms with E-state index in [1.165, 1.54) is 12.1 Å². The van der Waals surface area contributed by atoms with Gasteiger partial charge < -0.3 is 5.32 Å². The molecular formula is C23H19FN4O3S. The average molecular weight is 450 g/mol. The number of sulfonamides is 1. The van der Waals surface area contributed by atoms with Gasteiger partial charge in [0, 0.05) is 11.8 Å². The third kappa shape index (κ3) is 4.52. The van der Waals surface area contributed by atoms with E-state index in [1.54, 1.807) is 22.9 Å². The number of amides is 1. The molecule has 1 amide bonds. The standard InChI is InChI=1S/C23H19FN4O3S/c1-16-15-22(26-28(16)18-7-3-2-4-8-18)25-23(29)20-9-5-6-10-21(20)27-32(30,31)19-13-11-17(24)12-14-19/h2-15,27H,1H3,(H,25,26,29). The maximum atomic E-state index is 13.1. The summed E-state index contributed by atoms with van der Waals surface area (Å²) in [6.45, 7) is 1.86. The summed E-state index contributed by atoms with van der Waals surface area (Å²) in [7, 11) is -4.01. The third-order valence-corrected chi connectivity index (χ3v) is 6.05. The molecule has 0 atom stereocenters. The Morgan fingerprint density at radius 2 is 1.59 bits per heavy atom. The number of rotatable bonds is 6. The lowest BCUT2D eigenvalue weighted by molar-refractivity contribution is 0.102. The van der Waals surface area contributed by atoms with Crippen LogP contribution < -0.4 is 10.0 Å². The Morgan fingerprint density at radius 3 is 2.31 bits per heavy atom. The van der Waals surface area contributed by atoms with Crippen molar-refractivity contribution >= 4 is 27.4 Å². The number of hydrogen-bond acceptors (Lipinski definition) is 4. The second kappa shape index (κ2) is 8.64. The highest BCUT2D eigenvalue weighted by molar-refractivity contribution is 7.92. The van der Waals surface area contributed by atoms with Crippen molar-refractivity contribution in [3.8, 4) is 5.69 Å².